The molecule has 5 rings (SSSR count). The monoisotopic (exact) mass is 523 g/mol. The second-order valence-electron chi connectivity index (χ2n) is 8.79. The summed E-state index contributed by atoms with van der Waals surface area (Å²) < 4.78 is 80.6. The molecule has 2 aliphatic rings. The van der Waals surface area contributed by atoms with Crippen LogP contribution in [0.15, 0.2) is 42.6 Å². The van der Waals surface area contributed by atoms with E-state index in [1.54, 1.807) is 19.2 Å². The van der Waals surface area contributed by atoms with Gasteiger partial charge >= 0.3 is 12.1 Å². The zero-order valence-corrected chi connectivity index (χ0v) is 19.6. The van der Waals surface area contributed by atoms with Gasteiger partial charge < -0.3 is 9.47 Å². The zero-order valence-electron chi connectivity index (χ0n) is 18.8. The predicted molar refractivity (Wildman–Crippen MR) is 120 cm³/mol. The maximum absolute atomic E-state index is 14.6. The van der Waals surface area contributed by atoms with E-state index < -0.39 is 35.5 Å². The van der Waals surface area contributed by atoms with Crippen LogP contribution in [0.4, 0.5) is 22.0 Å². The Balaban J connectivity index is 1.38. The third kappa shape index (κ3) is 4.40. The van der Waals surface area contributed by atoms with Gasteiger partial charge in [-0.2, -0.15) is 13.2 Å². The summed E-state index contributed by atoms with van der Waals surface area (Å²) in [5.74, 6) is -2.11. The van der Waals surface area contributed by atoms with Gasteiger partial charge in [-0.3, -0.25) is 4.79 Å². The molecule has 0 radical (unpaired) electrons. The quantitative estimate of drug-likeness (QED) is 0.266. The van der Waals surface area contributed by atoms with Crippen molar-refractivity contribution in [3.05, 3.63) is 81.5 Å². The highest BCUT2D eigenvalue weighted by atomic mass is 35.5. The van der Waals surface area contributed by atoms with Crippen molar-refractivity contribution in [3.63, 3.8) is 0 Å². The molecule has 3 atom stereocenters. The number of carbonyl (C=O) groups excluding carboxylic acids is 1. The predicted octanol–water partition coefficient (Wildman–Crippen LogP) is 6.73. The molecule has 0 spiro atoms. The Labute approximate surface area is 208 Å². The van der Waals surface area contributed by atoms with Crippen molar-refractivity contribution in [3.8, 4) is 17.0 Å². The summed E-state index contributed by atoms with van der Waals surface area (Å²) in [7, 11) is 0. The standard InChI is InChI=1S/C26H19ClF5NO3/c1-2-35-25(34)24-17-5-12-7-22(33-10-18(12)23(17)24)36-11-13-6-16(15-4-3-14(27)8-21(15)29)19(9-20(13)28)26(30,31)32/h3-4,6-10,17,23-24H,2,5,11H2,1H3/t17-,23-,24+/m1/s1. The molecular weight excluding hydrogens is 505 g/mol. The van der Waals surface area contributed by atoms with Gasteiger partial charge in [-0.05, 0) is 66.3 Å². The first-order valence-electron chi connectivity index (χ1n) is 11.2. The van der Waals surface area contributed by atoms with Gasteiger partial charge in [-0.15, -0.1) is 0 Å². The largest absolute Gasteiger partial charge is 0.473 e. The van der Waals surface area contributed by atoms with Crippen LogP contribution >= 0.6 is 11.6 Å². The minimum atomic E-state index is -4.91. The molecule has 0 N–H and O–H groups in total. The van der Waals surface area contributed by atoms with Crippen molar-refractivity contribution < 1.29 is 36.2 Å². The van der Waals surface area contributed by atoms with Crippen LogP contribution in [-0.4, -0.2) is 17.6 Å². The highest BCUT2D eigenvalue weighted by Crippen LogP contribution is 2.61. The minimum absolute atomic E-state index is 0.0179. The molecule has 0 amide bonds. The van der Waals surface area contributed by atoms with E-state index in [4.69, 9.17) is 21.1 Å². The molecule has 4 nitrogen and oxygen atoms in total. The van der Waals surface area contributed by atoms with E-state index in [1.165, 1.54) is 6.07 Å². The lowest BCUT2D eigenvalue weighted by molar-refractivity contribution is -0.145. The van der Waals surface area contributed by atoms with Gasteiger partial charge in [0, 0.05) is 34.3 Å². The Morgan fingerprint density at radius 3 is 2.58 bits per heavy atom. The zero-order chi connectivity index (χ0) is 25.8. The normalized spacial score (nSPS) is 20.0. The van der Waals surface area contributed by atoms with Gasteiger partial charge in [0.05, 0.1) is 18.1 Å². The van der Waals surface area contributed by atoms with Crippen molar-refractivity contribution in [1.82, 2.24) is 4.98 Å². The lowest BCUT2D eigenvalue weighted by atomic mass is 9.96. The average Bonchev–Trinajstić information content (AvgIpc) is 3.39. The first-order chi connectivity index (χ1) is 17.1. The van der Waals surface area contributed by atoms with E-state index in [9.17, 15) is 26.7 Å². The third-order valence-electron chi connectivity index (χ3n) is 6.63. The topological polar surface area (TPSA) is 48.4 Å². The Morgan fingerprint density at radius 1 is 1.11 bits per heavy atom. The third-order valence-corrected chi connectivity index (χ3v) is 6.87. The summed E-state index contributed by atoms with van der Waals surface area (Å²) in [4.78, 5) is 16.3. The van der Waals surface area contributed by atoms with E-state index in [-0.39, 0.29) is 45.8 Å². The second-order valence-corrected chi connectivity index (χ2v) is 9.23. The van der Waals surface area contributed by atoms with Crippen molar-refractivity contribution in [2.45, 2.75) is 32.0 Å². The van der Waals surface area contributed by atoms with E-state index in [0.717, 1.165) is 29.3 Å². The molecule has 188 valence electrons. The maximum Gasteiger partial charge on any atom is 0.417 e. The van der Waals surface area contributed by atoms with Crippen LogP contribution < -0.4 is 4.74 Å². The number of halogens is 6. The van der Waals surface area contributed by atoms with Crippen LogP contribution in [-0.2, 0) is 28.7 Å². The molecule has 3 aromatic rings. The number of hydrogen-bond acceptors (Lipinski definition) is 4. The molecule has 1 aromatic heterocycles. The summed E-state index contributed by atoms with van der Waals surface area (Å²) >= 11 is 5.73. The molecule has 1 fully saturated rings. The number of rotatable bonds is 6. The molecule has 0 unspecified atom stereocenters. The van der Waals surface area contributed by atoms with Crippen molar-refractivity contribution in [2.75, 3.05) is 6.61 Å². The van der Waals surface area contributed by atoms with Crippen molar-refractivity contribution in [1.29, 1.82) is 0 Å². The number of ether oxygens (including phenoxy) is 2. The smallest absolute Gasteiger partial charge is 0.417 e. The lowest BCUT2D eigenvalue weighted by Gasteiger charge is -2.17. The number of carbonyl (C=O) groups is 1. The fourth-order valence-electron chi connectivity index (χ4n) is 4.95. The molecule has 2 aliphatic carbocycles. The van der Waals surface area contributed by atoms with E-state index in [0.29, 0.717) is 19.1 Å². The van der Waals surface area contributed by atoms with Crippen LogP contribution in [0, 0.1) is 23.5 Å². The molecular formula is C26H19ClF5NO3. The number of fused-ring (bicyclic) bond motifs is 3. The van der Waals surface area contributed by atoms with Gasteiger partial charge in [-0.25, -0.2) is 13.8 Å². The SMILES string of the molecule is CCOC(=O)[C@H]1[C@@H]2Cc3cc(OCc4cc(-c5ccc(Cl)cc5F)c(C(F)(F)F)cc4F)ncc3[C@@H]21. The number of nitrogens with zero attached hydrogens (tertiary/aromatic N) is 1. The van der Waals surface area contributed by atoms with Crippen LogP contribution in [0.2, 0.25) is 5.02 Å². The molecule has 0 aliphatic heterocycles. The van der Waals surface area contributed by atoms with E-state index >= 15 is 0 Å². The van der Waals surface area contributed by atoms with Gasteiger partial charge in [0.1, 0.15) is 18.2 Å². The average molecular weight is 524 g/mol. The highest BCUT2D eigenvalue weighted by Gasteiger charge is 2.60. The minimum Gasteiger partial charge on any atom is -0.473 e. The molecule has 36 heavy (non-hydrogen) atoms. The van der Waals surface area contributed by atoms with Crippen LogP contribution in [0.25, 0.3) is 11.1 Å². The fraction of sp³-hybridized carbons (Fsp3) is 0.308. The number of hydrogen-bond donors (Lipinski definition) is 0. The van der Waals surface area contributed by atoms with Crippen molar-refractivity contribution >= 4 is 17.6 Å². The summed E-state index contributed by atoms with van der Waals surface area (Å²) in [5, 5.41) is 0.0179. The number of pyridine rings is 1. The summed E-state index contributed by atoms with van der Waals surface area (Å²) in [6, 6.07) is 6.21. The van der Waals surface area contributed by atoms with E-state index in [1.807, 2.05) is 0 Å². The lowest BCUT2D eigenvalue weighted by Crippen LogP contribution is -2.11. The Morgan fingerprint density at radius 2 is 1.89 bits per heavy atom. The molecule has 2 aromatic carbocycles. The summed E-state index contributed by atoms with van der Waals surface area (Å²) in [6.07, 6.45) is -2.66. The number of aromatic nitrogens is 1. The molecule has 1 heterocycles. The maximum atomic E-state index is 14.6. The highest BCUT2D eigenvalue weighted by molar-refractivity contribution is 6.30. The molecule has 1 saturated carbocycles. The van der Waals surface area contributed by atoms with Crippen LogP contribution in [0.3, 0.4) is 0 Å². The summed E-state index contributed by atoms with van der Waals surface area (Å²) in [6.45, 7) is 1.65. The van der Waals surface area contributed by atoms with E-state index in [2.05, 4.69) is 4.98 Å². The Kier molecular flexibility index (Phi) is 6.14. The number of alkyl halides is 3. The molecule has 10 heteroatoms. The van der Waals surface area contributed by atoms with Gasteiger partial charge in [-0.1, -0.05) is 11.6 Å². The fourth-order valence-corrected chi connectivity index (χ4v) is 5.11. The molecule has 0 bridgehead atoms. The first kappa shape index (κ1) is 24.5. The van der Waals surface area contributed by atoms with Crippen LogP contribution in [0.1, 0.15) is 35.1 Å². The van der Waals surface area contributed by atoms with Gasteiger partial charge in [0.15, 0.2) is 0 Å². The number of esters is 1. The van der Waals surface area contributed by atoms with Crippen LogP contribution in [0.5, 0.6) is 5.88 Å². The second kappa shape index (κ2) is 9.03. The number of benzene rings is 2. The van der Waals surface area contributed by atoms with Gasteiger partial charge in [0.25, 0.3) is 0 Å². The summed E-state index contributed by atoms with van der Waals surface area (Å²) in [5.41, 5.74) is -0.502. The van der Waals surface area contributed by atoms with Gasteiger partial charge in [0.2, 0.25) is 5.88 Å². The first-order valence-corrected chi connectivity index (χ1v) is 11.6. The Bertz CT molecular complexity index is 1360. The Hall–Kier alpha value is -3.20. The molecule has 0 saturated heterocycles. The van der Waals surface area contributed by atoms with Crippen molar-refractivity contribution in [2.24, 2.45) is 11.8 Å².